The number of ether oxygens (including phenoxy) is 1. The third-order valence-electron chi connectivity index (χ3n) is 4.09. The van der Waals surface area contributed by atoms with Crippen molar-refractivity contribution in [3.05, 3.63) is 0 Å². The number of carbonyl (C=O) groups is 4. The summed E-state index contributed by atoms with van der Waals surface area (Å²) in [5.74, 6) is -3.48. The molecule has 0 aromatic heterocycles. The number of rotatable bonds is 10. The number of carboxylic acid groups (broad SMARTS) is 1. The number of hydrogen-bond acceptors (Lipinski definition) is 5. The first-order chi connectivity index (χ1) is 11.2. The second-order valence-corrected chi connectivity index (χ2v) is 5.90. The van der Waals surface area contributed by atoms with Crippen molar-refractivity contribution in [2.75, 3.05) is 7.11 Å². The molecule has 8 nitrogen and oxygen atoms in total. The van der Waals surface area contributed by atoms with Gasteiger partial charge in [-0.2, -0.15) is 0 Å². The third kappa shape index (κ3) is 6.97. The lowest BCUT2D eigenvalue weighted by Gasteiger charge is -2.27. The molecule has 0 aliphatic carbocycles. The van der Waals surface area contributed by atoms with Crippen LogP contribution >= 0.6 is 0 Å². The summed E-state index contributed by atoms with van der Waals surface area (Å²) < 4.78 is 4.72. The summed E-state index contributed by atoms with van der Waals surface area (Å²) in [4.78, 5) is 46.7. The molecule has 0 saturated heterocycles. The molecule has 24 heavy (non-hydrogen) atoms. The summed E-state index contributed by atoms with van der Waals surface area (Å²) in [7, 11) is 1.24. The van der Waals surface area contributed by atoms with Crippen LogP contribution in [0.15, 0.2) is 0 Å². The van der Waals surface area contributed by atoms with E-state index in [1.165, 1.54) is 7.11 Å². The minimum Gasteiger partial charge on any atom is -0.481 e. The number of carbonyl (C=O) groups excluding carboxylic acids is 3. The smallest absolute Gasteiger partial charge is 0.328 e. The summed E-state index contributed by atoms with van der Waals surface area (Å²) in [5, 5.41) is 13.7. The Hall–Kier alpha value is -2.12. The van der Waals surface area contributed by atoms with Crippen LogP contribution in [0.2, 0.25) is 0 Å². The number of nitrogens with one attached hydrogen (secondary N) is 2. The van der Waals surface area contributed by atoms with Crippen LogP contribution in [0.5, 0.6) is 0 Å². The Morgan fingerprint density at radius 1 is 0.958 bits per heavy atom. The van der Waals surface area contributed by atoms with Gasteiger partial charge in [0.2, 0.25) is 11.8 Å². The Balaban J connectivity index is 5.18. The normalized spacial score (nSPS) is 15.5. The molecule has 3 N–H and O–H groups in total. The fourth-order valence-electron chi connectivity index (χ4n) is 2.10. The molecular formula is C16H28N2O6. The summed E-state index contributed by atoms with van der Waals surface area (Å²) in [5.41, 5.74) is 0. The van der Waals surface area contributed by atoms with E-state index in [-0.39, 0.29) is 11.8 Å². The van der Waals surface area contributed by atoms with Crippen molar-refractivity contribution in [1.82, 2.24) is 10.6 Å². The molecule has 4 atom stereocenters. The average Bonchev–Trinajstić information content (AvgIpc) is 2.54. The van der Waals surface area contributed by atoms with Crippen molar-refractivity contribution in [2.24, 2.45) is 11.8 Å². The molecule has 0 fully saturated rings. The summed E-state index contributed by atoms with van der Waals surface area (Å²) in [6, 6.07) is -1.74. The predicted molar refractivity (Wildman–Crippen MR) is 87.0 cm³/mol. The van der Waals surface area contributed by atoms with Crippen molar-refractivity contribution in [1.29, 1.82) is 0 Å². The number of hydrogen-bond donors (Lipinski definition) is 3. The summed E-state index contributed by atoms with van der Waals surface area (Å²) in [6.07, 6.45) is 0.531. The Bertz CT molecular complexity index is 465. The quantitative estimate of drug-likeness (QED) is 0.396. The van der Waals surface area contributed by atoms with E-state index in [0.29, 0.717) is 12.8 Å². The molecule has 0 saturated carbocycles. The van der Waals surface area contributed by atoms with Gasteiger partial charge in [-0.05, 0) is 11.8 Å². The Morgan fingerprint density at radius 3 is 1.88 bits per heavy atom. The van der Waals surface area contributed by atoms with Gasteiger partial charge in [-0.25, -0.2) is 4.79 Å². The van der Waals surface area contributed by atoms with Crippen LogP contribution in [0, 0.1) is 11.8 Å². The van der Waals surface area contributed by atoms with Crippen molar-refractivity contribution in [3.63, 3.8) is 0 Å². The highest BCUT2D eigenvalue weighted by atomic mass is 16.5. The first-order valence-electron chi connectivity index (χ1n) is 8.07. The first kappa shape index (κ1) is 21.9. The summed E-state index contributed by atoms with van der Waals surface area (Å²) >= 11 is 0. The van der Waals surface area contributed by atoms with Gasteiger partial charge < -0.3 is 20.5 Å². The lowest BCUT2D eigenvalue weighted by Crippen LogP contribution is -2.55. The number of aliphatic carboxylic acids is 1. The van der Waals surface area contributed by atoms with Crippen LogP contribution in [-0.4, -0.2) is 48.1 Å². The first-order valence-corrected chi connectivity index (χ1v) is 8.07. The van der Waals surface area contributed by atoms with Crippen LogP contribution in [0.1, 0.15) is 47.0 Å². The van der Waals surface area contributed by atoms with Gasteiger partial charge >= 0.3 is 11.9 Å². The zero-order chi connectivity index (χ0) is 18.9. The second-order valence-electron chi connectivity index (χ2n) is 5.90. The maximum Gasteiger partial charge on any atom is 0.328 e. The van der Waals surface area contributed by atoms with Crippen molar-refractivity contribution < 1.29 is 29.0 Å². The largest absolute Gasteiger partial charge is 0.481 e. The zero-order valence-electron chi connectivity index (χ0n) is 14.9. The van der Waals surface area contributed by atoms with E-state index < -0.39 is 42.3 Å². The number of amides is 2. The molecular weight excluding hydrogens is 316 g/mol. The van der Waals surface area contributed by atoms with E-state index in [1.54, 1.807) is 6.92 Å². The molecule has 0 radical (unpaired) electrons. The predicted octanol–water partition coefficient (Wildman–Crippen LogP) is 0.696. The molecule has 0 aliphatic heterocycles. The number of carboxylic acids is 1. The molecule has 0 aliphatic rings. The van der Waals surface area contributed by atoms with Crippen molar-refractivity contribution in [2.45, 2.75) is 59.0 Å². The fourth-order valence-corrected chi connectivity index (χ4v) is 2.10. The molecule has 0 spiro atoms. The van der Waals surface area contributed by atoms with Gasteiger partial charge in [0.25, 0.3) is 0 Å². The maximum absolute atomic E-state index is 12.5. The average molecular weight is 344 g/mol. The van der Waals surface area contributed by atoms with Gasteiger partial charge in [0.05, 0.1) is 7.11 Å². The van der Waals surface area contributed by atoms with Crippen molar-refractivity contribution in [3.8, 4) is 0 Å². The van der Waals surface area contributed by atoms with Crippen LogP contribution in [0.25, 0.3) is 0 Å². The third-order valence-corrected chi connectivity index (χ3v) is 4.09. The van der Waals surface area contributed by atoms with Crippen LogP contribution < -0.4 is 10.6 Å². The fraction of sp³-hybridized carbons (Fsp3) is 0.750. The highest BCUT2D eigenvalue weighted by Gasteiger charge is 2.32. The van der Waals surface area contributed by atoms with Gasteiger partial charge in [-0.3, -0.25) is 14.4 Å². The van der Waals surface area contributed by atoms with Gasteiger partial charge in [0.1, 0.15) is 18.5 Å². The SMILES string of the molecule is CC[C@H](C)[C@H](NC(=O)CC(=O)O)C(=O)N[C@H](C(=O)OC)[C@@H](C)CC. The lowest BCUT2D eigenvalue weighted by molar-refractivity contribution is -0.147. The minimum atomic E-state index is -1.28. The van der Waals surface area contributed by atoms with Gasteiger partial charge in [-0.15, -0.1) is 0 Å². The highest BCUT2D eigenvalue weighted by molar-refractivity contribution is 5.96. The van der Waals surface area contributed by atoms with Gasteiger partial charge in [0.15, 0.2) is 0 Å². The molecule has 2 amide bonds. The Morgan fingerprint density at radius 2 is 1.46 bits per heavy atom. The second kappa shape index (κ2) is 10.6. The standard InChI is InChI=1S/C16H28N2O6/c1-6-9(3)13(17-11(19)8-12(20)21)15(22)18-14(10(4)7-2)16(23)24-5/h9-10,13-14H,6-8H2,1-5H3,(H,17,19)(H,18,22)(H,20,21)/t9-,10-,13-,14-/m0/s1. The molecule has 0 heterocycles. The molecule has 0 bridgehead atoms. The maximum atomic E-state index is 12.5. The van der Waals surface area contributed by atoms with E-state index in [1.807, 2.05) is 20.8 Å². The Kier molecular flexibility index (Phi) is 9.68. The van der Waals surface area contributed by atoms with E-state index in [9.17, 15) is 19.2 Å². The zero-order valence-corrected chi connectivity index (χ0v) is 14.9. The molecule has 0 aromatic rings. The van der Waals surface area contributed by atoms with Crippen LogP contribution in [0.3, 0.4) is 0 Å². The van der Waals surface area contributed by atoms with E-state index in [4.69, 9.17) is 9.84 Å². The molecule has 138 valence electrons. The van der Waals surface area contributed by atoms with E-state index in [0.717, 1.165) is 0 Å². The Labute approximate surface area is 142 Å². The van der Waals surface area contributed by atoms with E-state index >= 15 is 0 Å². The lowest BCUT2D eigenvalue weighted by atomic mass is 9.95. The molecule has 0 rings (SSSR count). The van der Waals surface area contributed by atoms with E-state index in [2.05, 4.69) is 10.6 Å². The monoisotopic (exact) mass is 344 g/mol. The van der Waals surface area contributed by atoms with Crippen LogP contribution in [-0.2, 0) is 23.9 Å². The van der Waals surface area contributed by atoms with Gasteiger partial charge in [-0.1, -0.05) is 40.5 Å². The number of esters is 1. The van der Waals surface area contributed by atoms with Crippen LogP contribution in [0.4, 0.5) is 0 Å². The summed E-state index contributed by atoms with van der Waals surface area (Å²) in [6.45, 7) is 7.30. The minimum absolute atomic E-state index is 0.145. The molecule has 0 aromatic carbocycles. The highest BCUT2D eigenvalue weighted by Crippen LogP contribution is 2.13. The molecule has 8 heteroatoms. The topological polar surface area (TPSA) is 122 Å². The van der Waals surface area contributed by atoms with Crippen molar-refractivity contribution >= 4 is 23.8 Å². The molecule has 0 unspecified atom stereocenters. The number of methoxy groups -OCH3 is 1. The van der Waals surface area contributed by atoms with Gasteiger partial charge in [0, 0.05) is 0 Å².